The molecule has 0 saturated carbocycles. The van der Waals surface area contributed by atoms with Gasteiger partial charge < -0.3 is 5.11 Å². The first-order valence-corrected chi connectivity index (χ1v) is 9.26. The number of amides is 1. The van der Waals surface area contributed by atoms with Gasteiger partial charge in [-0.2, -0.15) is 0 Å². The second kappa shape index (κ2) is 7.55. The van der Waals surface area contributed by atoms with Gasteiger partial charge in [0.1, 0.15) is 17.4 Å². The van der Waals surface area contributed by atoms with Crippen LogP contribution >= 0.6 is 0 Å². The number of ketones is 1. The Labute approximate surface area is 171 Å². The molecule has 1 aliphatic heterocycles. The van der Waals surface area contributed by atoms with Crippen LogP contribution in [0.3, 0.4) is 0 Å². The van der Waals surface area contributed by atoms with Gasteiger partial charge in [-0.3, -0.25) is 14.5 Å². The molecule has 0 aliphatic carbocycles. The lowest BCUT2D eigenvalue weighted by atomic mass is 9.95. The molecule has 1 N–H and O–H groups in total. The molecular weight excluding hydrogens is 388 g/mol. The first kappa shape index (κ1) is 19.5. The zero-order valence-corrected chi connectivity index (χ0v) is 16.0. The number of hydrogen-bond donors (Lipinski definition) is 1. The molecule has 0 radical (unpaired) electrons. The highest BCUT2D eigenvalue weighted by atomic mass is 19.1. The van der Waals surface area contributed by atoms with E-state index in [9.17, 15) is 23.5 Å². The van der Waals surface area contributed by atoms with Crippen molar-refractivity contribution in [1.29, 1.82) is 0 Å². The van der Waals surface area contributed by atoms with Gasteiger partial charge in [0.15, 0.2) is 0 Å². The minimum atomic E-state index is -0.989. The van der Waals surface area contributed by atoms with Gasteiger partial charge in [0.05, 0.1) is 11.6 Å². The number of carbonyl (C=O) groups excluding carboxylic acids is 2. The third kappa shape index (κ3) is 3.37. The maximum absolute atomic E-state index is 13.5. The molecule has 0 spiro atoms. The minimum Gasteiger partial charge on any atom is -0.507 e. The van der Waals surface area contributed by atoms with Crippen LogP contribution in [0, 0.1) is 18.6 Å². The number of aliphatic hydroxyl groups is 1. The van der Waals surface area contributed by atoms with Crippen molar-refractivity contribution in [2.24, 2.45) is 0 Å². The third-order valence-electron chi connectivity index (χ3n) is 5.06. The molecule has 3 aromatic carbocycles. The smallest absolute Gasteiger partial charge is 0.300 e. The van der Waals surface area contributed by atoms with Gasteiger partial charge in [0, 0.05) is 11.3 Å². The normalized spacial score (nSPS) is 18.1. The van der Waals surface area contributed by atoms with Crippen molar-refractivity contribution in [3.05, 3.63) is 107 Å². The Bertz CT molecular complexity index is 1150. The average Bonchev–Trinajstić information content (AvgIpc) is 3.00. The first-order chi connectivity index (χ1) is 14.4. The van der Waals surface area contributed by atoms with E-state index in [1.165, 1.54) is 53.4 Å². The fourth-order valence-electron chi connectivity index (χ4n) is 3.53. The van der Waals surface area contributed by atoms with Crippen LogP contribution in [0.2, 0.25) is 0 Å². The van der Waals surface area contributed by atoms with Crippen LogP contribution in [0.5, 0.6) is 0 Å². The quantitative estimate of drug-likeness (QED) is 0.383. The number of nitrogens with zero attached hydrogens (tertiary/aromatic N) is 1. The zero-order chi connectivity index (χ0) is 21.4. The predicted octanol–water partition coefficient (Wildman–Crippen LogP) is 4.90. The van der Waals surface area contributed by atoms with E-state index in [2.05, 4.69) is 0 Å². The number of carbonyl (C=O) groups is 2. The zero-order valence-electron chi connectivity index (χ0n) is 16.0. The van der Waals surface area contributed by atoms with Crippen molar-refractivity contribution < 1.29 is 23.5 Å². The summed E-state index contributed by atoms with van der Waals surface area (Å²) in [5.74, 6) is -3.02. The second-order valence-electron chi connectivity index (χ2n) is 7.06. The van der Waals surface area contributed by atoms with Gasteiger partial charge in [0.25, 0.3) is 11.7 Å². The maximum atomic E-state index is 13.5. The molecule has 4 nitrogen and oxygen atoms in total. The van der Waals surface area contributed by atoms with Crippen molar-refractivity contribution in [1.82, 2.24) is 0 Å². The van der Waals surface area contributed by atoms with Crippen LogP contribution in [-0.4, -0.2) is 16.8 Å². The molecular formula is C24H17F2NO3. The number of aliphatic hydroxyl groups excluding tert-OH is 1. The molecule has 0 bridgehead atoms. The number of Topliss-reactive ketones (excluding diaryl/α,β-unsaturated/α-hetero) is 1. The molecule has 1 fully saturated rings. The summed E-state index contributed by atoms with van der Waals surface area (Å²) in [6.07, 6.45) is 0. The van der Waals surface area contributed by atoms with E-state index >= 15 is 0 Å². The molecule has 4 rings (SSSR count). The molecule has 1 atom stereocenters. The lowest BCUT2D eigenvalue weighted by molar-refractivity contribution is -0.132. The highest BCUT2D eigenvalue weighted by Gasteiger charge is 2.46. The molecule has 0 aromatic heterocycles. The summed E-state index contributed by atoms with van der Waals surface area (Å²) >= 11 is 0. The Balaban J connectivity index is 1.93. The molecule has 1 saturated heterocycles. The molecule has 3 aromatic rings. The van der Waals surface area contributed by atoms with Gasteiger partial charge in [-0.15, -0.1) is 0 Å². The SMILES string of the molecule is Cc1ccc(C(O)=C2C(=O)C(=O)N(c3ccc(F)cc3)[C@H]2c2ccc(F)cc2)cc1. The Morgan fingerprint density at radius 2 is 1.37 bits per heavy atom. The van der Waals surface area contributed by atoms with E-state index in [1.54, 1.807) is 24.3 Å². The molecule has 0 unspecified atom stereocenters. The van der Waals surface area contributed by atoms with Gasteiger partial charge >= 0.3 is 0 Å². The summed E-state index contributed by atoms with van der Waals surface area (Å²) < 4.78 is 26.9. The van der Waals surface area contributed by atoms with Crippen molar-refractivity contribution in [3.8, 4) is 0 Å². The first-order valence-electron chi connectivity index (χ1n) is 9.26. The summed E-state index contributed by atoms with van der Waals surface area (Å²) in [4.78, 5) is 27.0. The summed E-state index contributed by atoms with van der Waals surface area (Å²) in [5.41, 5.74) is 1.96. The van der Waals surface area contributed by atoms with E-state index in [4.69, 9.17) is 0 Å². The van der Waals surface area contributed by atoms with E-state index in [0.29, 0.717) is 11.1 Å². The highest BCUT2D eigenvalue weighted by molar-refractivity contribution is 6.51. The van der Waals surface area contributed by atoms with Crippen LogP contribution in [0.15, 0.2) is 78.4 Å². The summed E-state index contributed by atoms with van der Waals surface area (Å²) in [6, 6.07) is 16.3. The fourth-order valence-corrected chi connectivity index (χ4v) is 3.53. The van der Waals surface area contributed by atoms with Crippen LogP contribution in [0.4, 0.5) is 14.5 Å². The number of halogens is 2. The predicted molar refractivity (Wildman–Crippen MR) is 109 cm³/mol. The molecule has 6 heteroatoms. The molecule has 30 heavy (non-hydrogen) atoms. The number of rotatable bonds is 3. The van der Waals surface area contributed by atoms with Crippen molar-refractivity contribution in [2.45, 2.75) is 13.0 Å². The van der Waals surface area contributed by atoms with Crippen LogP contribution < -0.4 is 4.90 Å². The topological polar surface area (TPSA) is 57.6 Å². The lowest BCUT2D eigenvalue weighted by Gasteiger charge is -2.25. The molecule has 1 heterocycles. The molecule has 1 aliphatic rings. The van der Waals surface area contributed by atoms with E-state index < -0.39 is 29.4 Å². The monoisotopic (exact) mass is 405 g/mol. The number of hydrogen-bond acceptors (Lipinski definition) is 3. The van der Waals surface area contributed by atoms with Crippen molar-refractivity contribution in [3.63, 3.8) is 0 Å². The van der Waals surface area contributed by atoms with Gasteiger partial charge in [-0.25, -0.2) is 8.78 Å². The Hall–Kier alpha value is -3.80. The van der Waals surface area contributed by atoms with Crippen molar-refractivity contribution in [2.75, 3.05) is 4.90 Å². The summed E-state index contributed by atoms with van der Waals surface area (Å²) in [6.45, 7) is 1.88. The Morgan fingerprint density at radius 3 is 1.93 bits per heavy atom. The lowest BCUT2D eigenvalue weighted by Crippen LogP contribution is -2.29. The number of aryl methyl sites for hydroxylation is 1. The van der Waals surface area contributed by atoms with Gasteiger partial charge in [0.2, 0.25) is 0 Å². The van der Waals surface area contributed by atoms with Crippen LogP contribution in [-0.2, 0) is 9.59 Å². The molecule has 150 valence electrons. The molecule has 1 amide bonds. The van der Waals surface area contributed by atoms with E-state index in [0.717, 1.165) is 5.56 Å². The van der Waals surface area contributed by atoms with Crippen molar-refractivity contribution >= 4 is 23.1 Å². The Kier molecular flexibility index (Phi) is 4.91. The highest BCUT2D eigenvalue weighted by Crippen LogP contribution is 2.42. The van der Waals surface area contributed by atoms with Gasteiger partial charge in [-0.05, 0) is 48.9 Å². The fraction of sp³-hybridized carbons (Fsp3) is 0.0833. The van der Waals surface area contributed by atoms with E-state index in [-0.39, 0.29) is 17.0 Å². The largest absolute Gasteiger partial charge is 0.507 e. The van der Waals surface area contributed by atoms with Gasteiger partial charge in [-0.1, -0.05) is 42.0 Å². The Morgan fingerprint density at radius 1 is 0.833 bits per heavy atom. The van der Waals surface area contributed by atoms with E-state index in [1.807, 2.05) is 6.92 Å². The van der Waals surface area contributed by atoms with Crippen LogP contribution in [0.1, 0.15) is 22.7 Å². The van der Waals surface area contributed by atoms with Crippen LogP contribution in [0.25, 0.3) is 5.76 Å². The summed E-state index contributed by atoms with van der Waals surface area (Å²) in [7, 11) is 0. The second-order valence-corrected chi connectivity index (χ2v) is 7.06. The maximum Gasteiger partial charge on any atom is 0.300 e. The minimum absolute atomic E-state index is 0.111. The third-order valence-corrected chi connectivity index (χ3v) is 5.06. The number of benzene rings is 3. The average molecular weight is 405 g/mol. The standard InChI is InChI=1S/C24H17F2NO3/c1-14-2-4-16(5-3-14)22(28)20-21(15-6-8-17(25)9-7-15)27(24(30)23(20)29)19-12-10-18(26)11-13-19/h2-13,21,28H,1H3/t21-/m0/s1. The summed E-state index contributed by atoms with van der Waals surface area (Å²) in [5, 5.41) is 10.9. The number of anilines is 1.